The summed E-state index contributed by atoms with van der Waals surface area (Å²) in [5, 5.41) is 16.8. The molecule has 2 heterocycles. The lowest BCUT2D eigenvalue weighted by Crippen LogP contribution is -2.42. The Labute approximate surface area is 272 Å². The number of amides is 2. The second-order valence-electron chi connectivity index (χ2n) is 12.9. The van der Waals surface area contributed by atoms with E-state index in [0.717, 1.165) is 36.8 Å². The van der Waals surface area contributed by atoms with Crippen molar-refractivity contribution in [1.82, 2.24) is 20.1 Å². The Kier molecular flexibility index (Phi) is 10.9. The van der Waals surface area contributed by atoms with Crippen molar-refractivity contribution in [3.05, 3.63) is 60.0 Å². The summed E-state index contributed by atoms with van der Waals surface area (Å²) >= 11 is 0. The molecule has 46 heavy (non-hydrogen) atoms. The van der Waals surface area contributed by atoms with Crippen LogP contribution in [0.4, 0.5) is 10.6 Å². The summed E-state index contributed by atoms with van der Waals surface area (Å²) in [7, 11) is 1.59. The number of hydrogen-bond donors (Lipinski definition) is 1. The van der Waals surface area contributed by atoms with Gasteiger partial charge in [-0.05, 0) is 119 Å². The van der Waals surface area contributed by atoms with Crippen LogP contribution in [0.1, 0.15) is 95.2 Å². The minimum Gasteiger partial charge on any atom is -0.495 e. The highest BCUT2D eigenvalue weighted by Crippen LogP contribution is 2.39. The van der Waals surface area contributed by atoms with Gasteiger partial charge >= 0.3 is 6.09 Å². The maximum atomic E-state index is 14.3. The lowest BCUT2D eigenvalue weighted by Gasteiger charge is -2.35. The molecule has 0 aliphatic heterocycles. The van der Waals surface area contributed by atoms with E-state index in [1.807, 2.05) is 53.2 Å². The summed E-state index contributed by atoms with van der Waals surface area (Å²) in [6.07, 6.45) is 11.7. The minimum absolute atomic E-state index is 0.0925. The molecule has 0 atom stereocenters. The first-order valence-electron chi connectivity index (χ1n) is 16.6. The van der Waals surface area contributed by atoms with Gasteiger partial charge in [-0.2, -0.15) is 10.4 Å². The standard InChI is InChI=1S/C36H46N6O4/c1-5-38-36(44)46-32-13-10-27(11-14-32)35(43)41(34-19-29(16-17-39-34)31-21-40-42(23-31)24(2)3)22-25-6-8-26(9-7-25)28-12-15-33(45-4)30(18-28)20-37/h12,15-19,21,23-27,32H,5-11,13-14,22H2,1-4H3,(H,38,44)/t25-,26-,27-,32-. The van der Waals surface area contributed by atoms with Crippen molar-refractivity contribution in [3.8, 4) is 22.9 Å². The fourth-order valence-corrected chi connectivity index (χ4v) is 6.80. The number of alkyl carbamates (subject to hydrolysis) is 1. The van der Waals surface area contributed by atoms with Gasteiger partial charge < -0.3 is 14.8 Å². The first kappa shape index (κ1) is 33.0. The van der Waals surface area contributed by atoms with Crippen molar-refractivity contribution >= 4 is 17.8 Å². The zero-order chi connectivity index (χ0) is 32.6. The average Bonchev–Trinajstić information content (AvgIpc) is 3.59. The molecule has 2 amide bonds. The monoisotopic (exact) mass is 626 g/mol. The van der Waals surface area contributed by atoms with Gasteiger partial charge in [-0.1, -0.05) is 6.07 Å². The molecule has 2 aliphatic rings. The molecule has 0 radical (unpaired) electrons. The van der Waals surface area contributed by atoms with Gasteiger partial charge in [0.25, 0.3) is 0 Å². The molecule has 5 rings (SSSR count). The maximum absolute atomic E-state index is 14.3. The van der Waals surface area contributed by atoms with Crippen molar-refractivity contribution in [2.24, 2.45) is 11.8 Å². The van der Waals surface area contributed by atoms with E-state index in [1.165, 1.54) is 5.56 Å². The molecule has 0 saturated heterocycles. The summed E-state index contributed by atoms with van der Waals surface area (Å²) in [5.41, 5.74) is 3.70. The van der Waals surface area contributed by atoms with Crippen LogP contribution in [0.15, 0.2) is 48.9 Å². The predicted molar refractivity (Wildman–Crippen MR) is 177 cm³/mol. The highest BCUT2D eigenvalue weighted by atomic mass is 16.6. The number of anilines is 1. The van der Waals surface area contributed by atoms with Gasteiger partial charge in [-0.25, -0.2) is 9.78 Å². The van der Waals surface area contributed by atoms with Crippen LogP contribution in [-0.4, -0.2) is 53.1 Å². The summed E-state index contributed by atoms with van der Waals surface area (Å²) in [6.45, 7) is 7.18. The molecule has 0 unspecified atom stereocenters. The number of benzene rings is 1. The number of pyridine rings is 1. The molecule has 3 aromatic rings. The highest BCUT2D eigenvalue weighted by molar-refractivity contribution is 5.94. The van der Waals surface area contributed by atoms with Crippen molar-refractivity contribution in [2.75, 3.05) is 25.1 Å². The highest BCUT2D eigenvalue weighted by Gasteiger charge is 2.34. The van der Waals surface area contributed by atoms with Crippen molar-refractivity contribution in [1.29, 1.82) is 5.26 Å². The number of methoxy groups -OCH3 is 1. The number of hydrogen-bond acceptors (Lipinski definition) is 7. The Morgan fingerprint density at radius 1 is 1.07 bits per heavy atom. The zero-order valence-electron chi connectivity index (χ0n) is 27.4. The zero-order valence-corrected chi connectivity index (χ0v) is 27.4. The Morgan fingerprint density at radius 2 is 1.83 bits per heavy atom. The summed E-state index contributed by atoms with van der Waals surface area (Å²) < 4.78 is 12.8. The van der Waals surface area contributed by atoms with Crippen LogP contribution in [0, 0.1) is 23.2 Å². The number of aromatic nitrogens is 3. The first-order chi connectivity index (χ1) is 22.3. The second-order valence-corrected chi connectivity index (χ2v) is 12.9. The molecule has 0 spiro atoms. The van der Waals surface area contributed by atoms with Gasteiger partial charge in [-0.3, -0.25) is 14.4 Å². The van der Waals surface area contributed by atoms with E-state index in [0.29, 0.717) is 67.7 Å². The number of ether oxygens (including phenoxy) is 2. The smallest absolute Gasteiger partial charge is 0.407 e. The van der Waals surface area contributed by atoms with Gasteiger partial charge in [0.1, 0.15) is 23.7 Å². The van der Waals surface area contributed by atoms with Gasteiger partial charge in [-0.15, -0.1) is 0 Å². The largest absolute Gasteiger partial charge is 0.495 e. The molecule has 0 bridgehead atoms. The molecular weight excluding hydrogens is 580 g/mol. The lowest BCUT2D eigenvalue weighted by atomic mass is 9.78. The van der Waals surface area contributed by atoms with E-state index >= 15 is 0 Å². The molecule has 2 fully saturated rings. The van der Waals surface area contributed by atoms with Gasteiger partial charge in [0.15, 0.2) is 0 Å². The van der Waals surface area contributed by atoms with Crippen LogP contribution in [0.3, 0.4) is 0 Å². The third-order valence-corrected chi connectivity index (χ3v) is 9.47. The number of rotatable bonds is 10. The van der Waals surface area contributed by atoms with Crippen LogP contribution in [0.25, 0.3) is 11.1 Å². The summed E-state index contributed by atoms with van der Waals surface area (Å²) in [6, 6.07) is 12.4. The average molecular weight is 627 g/mol. The number of carbonyl (C=O) groups is 2. The third kappa shape index (κ3) is 7.87. The number of nitrogens with one attached hydrogen (secondary N) is 1. The fraction of sp³-hybridized carbons (Fsp3) is 0.528. The second kappa shape index (κ2) is 15.3. The molecule has 2 aromatic heterocycles. The van der Waals surface area contributed by atoms with E-state index < -0.39 is 6.09 Å². The Bertz CT molecular complexity index is 1530. The van der Waals surface area contributed by atoms with Crippen molar-refractivity contribution in [2.45, 2.75) is 90.2 Å². The van der Waals surface area contributed by atoms with Crippen LogP contribution >= 0.6 is 0 Å². The number of nitrogens with zero attached hydrogens (tertiary/aromatic N) is 5. The van der Waals surface area contributed by atoms with Gasteiger partial charge in [0.2, 0.25) is 5.91 Å². The molecule has 1 N–H and O–H groups in total. The van der Waals surface area contributed by atoms with E-state index in [2.05, 4.69) is 36.4 Å². The number of nitriles is 1. The minimum atomic E-state index is -0.394. The lowest BCUT2D eigenvalue weighted by molar-refractivity contribution is -0.124. The summed E-state index contributed by atoms with van der Waals surface area (Å²) in [5.74, 6) is 1.91. The van der Waals surface area contributed by atoms with Crippen LogP contribution in [-0.2, 0) is 9.53 Å². The van der Waals surface area contributed by atoms with E-state index in [1.54, 1.807) is 13.3 Å². The Morgan fingerprint density at radius 3 is 2.48 bits per heavy atom. The molecule has 2 aliphatic carbocycles. The van der Waals surface area contributed by atoms with E-state index in [-0.39, 0.29) is 24.0 Å². The van der Waals surface area contributed by atoms with Crippen LogP contribution < -0.4 is 15.0 Å². The molecule has 10 heteroatoms. The normalized spacial score (nSPS) is 21.3. The SMILES string of the molecule is CCNC(=O)O[C@H]1CC[C@H](C(=O)N(C[C@H]2CC[C@H](c3ccc(OC)c(C#N)c3)CC2)c2cc(-c3cnn(C(C)C)c3)ccn2)CC1. The van der Waals surface area contributed by atoms with E-state index in [9.17, 15) is 14.9 Å². The molecule has 1 aromatic carbocycles. The number of carbonyl (C=O) groups excluding carboxylic acids is 2. The third-order valence-electron chi connectivity index (χ3n) is 9.47. The topological polar surface area (TPSA) is 122 Å². The van der Waals surface area contributed by atoms with Crippen molar-refractivity contribution in [3.63, 3.8) is 0 Å². The Hall–Kier alpha value is -4.39. The Balaban J connectivity index is 1.32. The molecule has 2 saturated carbocycles. The molecular formula is C36H46N6O4. The molecule has 10 nitrogen and oxygen atoms in total. The van der Waals surface area contributed by atoms with Crippen LogP contribution in [0.2, 0.25) is 0 Å². The maximum Gasteiger partial charge on any atom is 0.407 e. The quantitative estimate of drug-likeness (QED) is 0.257. The van der Waals surface area contributed by atoms with Gasteiger partial charge in [0, 0.05) is 43.0 Å². The molecule has 244 valence electrons. The van der Waals surface area contributed by atoms with Crippen molar-refractivity contribution < 1.29 is 19.1 Å². The van der Waals surface area contributed by atoms with Crippen LogP contribution in [0.5, 0.6) is 5.75 Å². The van der Waals surface area contributed by atoms with E-state index in [4.69, 9.17) is 14.5 Å². The fourth-order valence-electron chi connectivity index (χ4n) is 6.80. The van der Waals surface area contributed by atoms with Gasteiger partial charge in [0.05, 0.1) is 18.9 Å². The summed E-state index contributed by atoms with van der Waals surface area (Å²) in [4.78, 5) is 32.9. The predicted octanol–water partition coefficient (Wildman–Crippen LogP) is 7.02. The first-order valence-corrected chi connectivity index (χ1v) is 16.6.